The number of hydrogen-bond acceptors (Lipinski definition) is 3. The fourth-order valence-electron chi connectivity index (χ4n) is 3.77. The fourth-order valence-corrected chi connectivity index (χ4v) is 3.77. The van der Waals surface area contributed by atoms with Crippen LogP contribution in [0.4, 0.5) is 0 Å². The number of benzene rings is 1. The predicted molar refractivity (Wildman–Crippen MR) is 77.5 cm³/mol. The number of phenolic OH excluding ortho intramolecular Hbond substituents is 1. The molecule has 19 heavy (non-hydrogen) atoms. The largest absolute Gasteiger partial charge is 0.508 e. The van der Waals surface area contributed by atoms with Gasteiger partial charge in [-0.05, 0) is 50.4 Å². The number of aromatic hydroxyl groups is 1. The number of phenols is 1. The first-order valence-electron chi connectivity index (χ1n) is 7.42. The Morgan fingerprint density at radius 1 is 1.26 bits per heavy atom. The topological polar surface area (TPSA) is 26.7 Å². The smallest absolute Gasteiger partial charge is 0.119 e. The zero-order valence-corrected chi connectivity index (χ0v) is 12.0. The van der Waals surface area contributed by atoms with E-state index in [0.717, 1.165) is 26.1 Å². The zero-order chi connectivity index (χ0) is 13.4. The highest BCUT2D eigenvalue weighted by Crippen LogP contribution is 2.39. The van der Waals surface area contributed by atoms with Gasteiger partial charge in [-0.25, -0.2) is 0 Å². The fraction of sp³-hybridized carbons (Fsp3) is 0.625. The molecule has 1 aromatic rings. The molecule has 1 N–H and O–H groups in total. The van der Waals surface area contributed by atoms with E-state index < -0.39 is 0 Å². The van der Waals surface area contributed by atoms with E-state index in [1.165, 1.54) is 24.0 Å². The standard InChI is InChI=1S/C16H24N2O/c1-12-11-17(2)9-10-18(12)15-7-3-6-14-13(15)5-4-8-16(14)19/h4-5,8,12,15,19H,3,6-7,9-11H2,1-2H3. The van der Waals surface area contributed by atoms with Gasteiger partial charge in [0, 0.05) is 31.7 Å². The number of nitrogens with zero attached hydrogens (tertiary/aromatic N) is 2. The zero-order valence-electron chi connectivity index (χ0n) is 12.0. The van der Waals surface area contributed by atoms with Crippen LogP contribution in [0.2, 0.25) is 0 Å². The molecule has 1 saturated heterocycles. The van der Waals surface area contributed by atoms with Crippen molar-refractivity contribution < 1.29 is 5.11 Å². The van der Waals surface area contributed by atoms with Crippen molar-refractivity contribution in [3.05, 3.63) is 29.3 Å². The Bertz CT molecular complexity index is 460. The van der Waals surface area contributed by atoms with Crippen LogP contribution >= 0.6 is 0 Å². The van der Waals surface area contributed by atoms with E-state index in [2.05, 4.69) is 29.8 Å². The monoisotopic (exact) mass is 260 g/mol. The van der Waals surface area contributed by atoms with Crippen molar-refractivity contribution in [1.82, 2.24) is 9.80 Å². The van der Waals surface area contributed by atoms with Crippen LogP contribution < -0.4 is 0 Å². The maximum atomic E-state index is 10.1. The van der Waals surface area contributed by atoms with Gasteiger partial charge >= 0.3 is 0 Å². The first kappa shape index (κ1) is 12.9. The highest BCUT2D eigenvalue weighted by molar-refractivity contribution is 5.42. The summed E-state index contributed by atoms with van der Waals surface area (Å²) in [4.78, 5) is 5.05. The third-order valence-corrected chi connectivity index (χ3v) is 4.73. The summed E-state index contributed by atoms with van der Waals surface area (Å²) in [5.74, 6) is 0.490. The van der Waals surface area contributed by atoms with E-state index >= 15 is 0 Å². The van der Waals surface area contributed by atoms with Crippen LogP contribution in [-0.2, 0) is 6.42 Å². The van der Waals surface area contributed by atoms with Crippen LogP contribution in [0.15, 0.2) is 18.2 Å². The van der Waals surface area contributed by atoms with Gasteiger partial charge in [-0.15, -0.1) is 0 Å². The maximum absolute atomic E-state index is 10.1. The van der Waals surface area contributed by atoms with E-state index in [-0.39, 0.29) is 0 Å². The molecule has 1 aliphatic carbocycles. The third kappa shape index (κ3) is 2.37. The molecule has 3 nitrogen and oxygen atoms in total. The molecule has 104 valence electrons. The first-order chi connectivity index (χ1) is 9.16. The lowest BCUT2D eigenvalue weighted by Crippen LogP contribution is -2.52. The number of likely N-dealkylation sites (N-methyl/N-ethyl adjacent to an activating group) is 1. The SMILES string of the molecule is CC1CN(C)CCN1C1CCCc2c(O)cccc21. The van der Waals surface area contributed by atoms with Gasteiger partial charge in [0.2, 0.25) is 0 Å². The molecule has 0 spiro atoms. The molecule has 1 aliphatic heterocycles. The van der Waals surface area contributed by atoms with Gasteiger partial charge < -0.3 is 10.0 Å². The molecule has 0 bridgehead atoms. The molecule has 1 fully saturated rings. The predicted octanol–water partition coefficient (Wildman–Crippen LogP) is 2.41. The van der Waals surface area contributed by atoms with Crippen molar-refractivity contribution in [2.45, 2.75) is 38.3 Å². The Labute approximate surface area is 115 Å². The minimum Gasteiger partial charge on any atom is -0.508 e. The molecule has 2 unspecified atom stereocenters. The van der Waals surface area contributed by atoms with Crippen LogP contribution in [0.5, 0.6) is 5.75 Å². The van der Waals surface area contributed by atoms with E-state index in [9.17, 15) is 5.11 Å². The summed E-state index contributed by atoms with van der Waals surface area (Å²) in [5.41, 5.74) is 2.55. The molecule has 2 atom stereocenters. The molecular weight excluding hydrogens is 236 g/mol. The molecule has 0 aromatic heterocycles. The van der Waals surface area contributed by atoms with Crippen LogP contribution in [0.25, 0.3) is 0 Å². The van der Waals surface area contributed by atoms with E-state index in [1.54, 1.807) is 0 Å². The summed E-state index contributed by atoms with van der Waals surface area (Å²) >= 11 is 0. The summed E-state index contributed by atoms with van der Waals surface area (Å²) in [7, 11) is 2.20. The van der Waals surface area contributed by atoms with E-state index in [1.807, 2.05) is 12.1 Å². The molecule has 2 aliphatic rings. The molecule has 0 saturated carbocycles. The third-order valence-electron chi connectivity index (χ3n) is 4.73. The number of fused-ring (bicyclic) bond motifs is 1. The lowest BCUT2D eigenvalue weighted by Gasteiger charge is -2.44. The minimum atomic E-state index is 0.490. The highest BCUT2D eigenvalue weighted by Gasteiger charge is 2.32. The number of piperazine rings is 1. The summed E-state index contributed by atoms with van der Waals surface area (Å²) in [6.07, 6.45) is 3.44. The second kappa shape index (κ2) is 5.14. The molecule has 1 heterocycles. The summed E-state index contributed by atoms with van der Waals surface area (Å²) in [5, 5.41) is 10.1. The molecule has 1 aromatic carbocycles. The Morgan fingerprint density at radius 3 is 2.89 bits per heavy atom. The van der Waals surface area contributed by atoms with Crippen molar-refractivity contribution in [3.63, 3.8) is 0 Å². The quantitative estimate of drug-likeness (QED) is 0.840. The lowest BCUT2D eigenvalue weighted by molar-refractivity contribution is 0.0533. The Morgan fingerprint density at radius 2 is 2.11 bits per heavy atom. The minimum absolute atomic E-state index is 0.490. The summed E-state index contributed by atoms with van der Waals surface area (Å²) in [6.45, 7) is 5.75. The highest BCUT2D eigenvalue weighted by atomic mass is 16.3. The van der Waals surface area contributed by atoms with Crippen LogP contribution in [0.3, 0.4) is 0 Å². The van der Waals surface area contributed by atoms with Gasteiger partial charge in [-0.1, -0.05) is 12.1 Å². The summed E-state index contributed by atoms with van der Waals surface area (Å²) in [6, 6.07) is 7.13. The molecular formula is C16H24N2O. The van der Waals surface area contributed by atoms with Crippen molar-refractivity contribution in [2.24, 2.45) is 0 Å². The molecule has 3 rings (SSSR count). The van der Waals surface area contributed by atoms with Gasteiger partial charge in [-0.2, -0.15) is 0 Å². The van der Waals surface area contributed by atoms with Crippen LogP contribution in [-0.4, -0.2) is 47.6 Å². The normalized spacial score (nSPS) is 29.2. The Hall–Kier alpha value is -1.06. The second-order valence-electron chi connectivity index (χ2n) is 6.10. The van der Waals surface area contributed by atoms with Gasteiger partial charge in [0.25, 0.3) is 0 Å². The summed E-state index contributed by atoms with van der Waals surface area (Å²) < 4.78 is 0. The van der Waals surface area contributed by atoms with Crippen molar-refractivity contribution in [3.8, 4) is 5.75 Å². The Kier molecular flexibility index (Phi) is 3.50. The van der Waals surface area contributed by atoms with E-state index in [0.29, 0.717) is 17.8 Å². The van der Waals surface area contributed by atoms with Crippen molar-refractivity contribution in [1.29, 1.82) is 0 Å². The van der Waals surface area contributed by atoms with Gasteiger partial charge in [0.15, 0.2) is 0 Å². The van der Waals surface area contributed by atoms with E-state index in [4.69, 9.17) is 0 Å². The van der Waals surface area contributed by atoms with Crippen LogP contribution in [0.1, 0.15) is 36.9 Å². The average molecular weight is 260 g/mol. The molecule has 0 radical (unpaired) electrons. The van der Waals surface area contributed by atoms with Gasteiger partial charge in [-0.3, -0.25) is 4.90 Å². The van der Waals surface area contributed by atoms with Gasteiger partial charge in [0.05, 0.1) is 0 Å². The molecule has 3 heteroatoms. The average Bonchev–Trinajstić information content (AvgIpc) is 2.39. The lowest BCUT2D eigenvalue weighted by atomic mass is 9.85. The van der Waals surface area contributed by atoms with Gasteiger partial charge in [0.1, 0.15) is 5.75 Å². The van der Waals surface area contributed by atoms with Crippen LogP contribution in [0, 0.1) is 0 Å². The molecule has 0 amide bonds. The second-order valence-corrected chi connectivity index (χ2v) is 6.10. The number of rotatable bonds is 1. The number of hydrogen-bond donors (Lipinski definition) is 1. The van der Waals surface area contributed by atoms with Crippen molar-refractivity contribution >= 4 is 0 Å². The maximum Gasteiger partial charge on any atom is 0.119 e. The first-order valence-corrected chi connectivity index (χ1v) is 7.42. The van der Waals surface area contributed by atoms with Crippen molar-refractivity contribution in [2.75, 3.05) is 26.7 Å². The Balaban J connectivity index is 1.89.